The molecule has 1 atom stereocenters. The third kappa shape index (κ3) is 4.80. The van der Waals surface area contributed by atoms with Gasteiger partial charge in [0.25, 0.3) is 0 Å². The lowest BCUT2D eigenvalue weighted by Crippen LogP contribution is -2.01. The highest BCUT2D eigenvalue weighted by Gasteiger charge is 2.13. The smallest absolute Gasteiger partial charge is 0.129 e. The second-order valence-electron chi connectivity index (χ2n) is 6.57. The van der Waals surface area contributed by atoms with Crippen LogP contribution >= 0.6 is 0 Å². The highest BCUT2D eigenvalue weighted by atomic mass is 16.1. The van der Waals surface area contributed by atoms with Gasteiger partial charge in [-0.1, -0.05) is 97.1 Å². The van der Waals surface area contributed by atoms with Crippen LogP contribution in [0.15, 0.2) is 97.1 Å². The summed E-state index contributed by atoms with van der Waals surface area (Å²) >= 11 is 0. The minimum absolute atomic E-state index is 0.204. The number of hydrogen-bond acceptors (Lipinski definition) is 1. The molecule has 0 aliphatic rings. The molecule has 0 amide bonds. The molecule has 0 bridgehead atoms. The van der Waals surface area contributed by atoms with Crippen molar-refractivity contribution in [2.75, 3.05) is 0 Å². The van der Waals surface area contributed by atoms with Crippen LogP contribution in [0, 0.1) is 0 Å². The molecule has 0 aliphatic carbocycles. The SMILES string of the molecule is CC(=O)CC[C@@H](C=C(c1ccccc1)c1ccccc1)c1ccccc1. The van der Waals surface area contributed by atoms with Crippen molar-refractivity contribution in [2.24, 2.45) is 0 Å². The van der Waals surface area contributed by atoms with Gasteiger partial charge >= 0.3 is 0 Å². The number of Topliss-reactive ketones (excluding diaryl/α,β-unsaturated/α-hetero) is 1. The Kier molecular flexibility index (Phi) is 6.16. The quantitative estimate of drug-likeness (QED) is 0.495. The zero-order chi connectivity index (χ0) is 18.2. The normalized spacial score (nSPS) is 11.6. The maximum atomic E-state index is 11.6. The van der Waals surface area contributed by atoms with E-state index in [0.29, 0.717) is 6.42 Å². The Morgan fingerprint density at radius 2 is 1.23 bits per heavy atom. The van der Waals surface area contributed by atoms with Crippen LogP contribution in [-0.4, -0.2) is 5.78 Å². The first-order valence-electron chi connectivity index (χ1n) is 9.11. The molecular weight excluding hydrogens is 316 g/mol. The first-order valence-corrected chi connectivity index (χ1v) is 9.11. The third-order valence-electron chi connectivity index (χ3n) is 4.57. The molecular formula is C25H24O. The number of rotatable bonds is 7. The lowest BCUT2D eigenvalue weighted by atomic mass is 9.87. The molecule has 3 aromatic rings. The third-order valence-corrected chi connectivity index (χ3v) is 4.57. The Labute approximate surface area is 156 Å². The van der Waals surface area contributed by atoms with E-state index < -0.39 is 0 Å². The molecule has 0 N–H and O–H groups in total. The molecule has 0 heterocycles. The summed E-state index contributed by atoms with van der Waals surface area (Å²) in [6, 6.07) is 31.4. The van der Waals surface area contributed by atoms with Gasteiger partial charge in [-0.3, -0.25) is 0 Å². The molecule has 0 saturated carbocycles. The number of benzene rings is 3. The summed E-state index contributed by atoms with van der Waals surface area (Å²) in [5, 5.41) is 0. The predicted octanol–water partition coefficient (Wildman–Crippen LogP) is 6.27. The summed E-state index contributed by atoms with van der Waals surface area (Å²) in [6.07, 6.45) is 3.73. The monoisotopic (exact) mass is 340 g/mol. The zero-order valence-corrected chi connectivity index (χ0v) is 15.1. The number of carbonyl (C=O) groups is 1. The van der Waals surface area contributed by atoms with E-state index >= 15 is 0 Å². The van der Waals surface area contributed by atoms with Crippen molar-refractivity contribution >= 4 is 11.4 Å². The molecule has 0 fully saturated rings. The predicted molar refractivity (Wildman–Crippen MR) is 109 cm³/mol. The van der Waals surface area contributed by atoms with Crippen LogP contribution in [0.5, 0.6) is 0 Å². The number of allylic oxidation sites excluding steroid dienone is 1. The van der Waals surface area contributed by atoms with Crippen molar-refractivity contribution in [3.63, 3.8) is 0 Å². The number of hydrogen-bond donors (Lipinski definition) is 0. The Morgan fingerprint density at radius 1 is 0.769 bits per heavy atom. The Balaban J connectivity index is 2.06. The second kappa shape index (κ2) is 8.96. The van der Waals surface area contributed by atoms with Gasteiger partial charge in [0.15, 0.2) is 0 Å². The summed E-state index contributed by atoms with van der Waals surface area (Å²) in [5.41, 5.74) is 4.85. The maximum absolute atomic E-state index is 11.6. The van der Waals surface area contributed by atoms with Gasteiger partial charge in [-0.2, -0.15) is 0 Å². The average molecular weight is 340 g/mol. The average Bonchev–Trinajstić information content (AvgIpc) is 2.70. The first kappa shape index (κ1) is 17.9. The van der Waals surface area contributed by atoms with Crippen LogP contribution in [0.1, 0.15) is 42.4 Å². The van der Waals surface area contributed by atoms with Crippen molar-refractivity contribution in [1.29, 1.82) is 0 Å². The molecule has 130 valence electrons. The minimum atomic E-state index is 0.204. The number of ketones is 1. The van der Waals surface area contributed by atoms with Gasteiger partial charge < -0.3 is 4.79 Å². The molecule has 0 aromatic heterocycles. The highest BCUT2D eigenvalue weighted by molar-refractivity contribution is 5.80. The van der Waals surface area contributed by atoms with Crippen molar-refractivity contribution in [1.82, 2.24) is 0 Å². The van der Waals surface area contributed by atoms with Crippen LogP contribution in [0.4, 0.5) is 0 Å². The van der Waals surface area contributed by atoms with E-state index in [2.05, 4.69) is 78.9 Å². The lowest BCUT2D eigenvalue weighted by molar-refractivity contribution is -0.117. The van der Waals surface area contributed by atoms with Gasteiger partial charge in [0, 0.05) is 12.3 Å². The first-order chi connectivity index (χ1) is 12.7. The summed E-state index contributed by atoms with van der Waals surface area (Å²) in [6.45, 7) is 1.67. The van der Waals surface area contributed by atoms with Crippen LogP contribution in [0.25, 0.3) is 5.57 Å². The largest absolute Gasteiger partial charge is 0.300 e. The fraction of sp³-hybridized carbons (Fsp3) is 0.160. The summed E-state index contributed by atoms with van der Waals surface area (Å²) in [5.74, 6) is 0.441. The number of carbonyl (C=O) groups excluding carboxylic acids is 1. The highest BCUT2D eigenvalue weighted by Crippen LogP contribution is 2.31. The van der Waals surface area contributed by atoms with Gasteiger partial charge in [-0.15, -0.1) is 0 Å². The Bertz CT molecular complexity index is 807. The molecule has 3 rings (SSSR count). The minimum Gasteiger partial charge on any atom is -0.300 e. The van der Waals surface area contributed by atoms with E-state index in [0.717, 1.165) is 6.42 Å². The second-order valence-corrected chi connectivity index (χ2v) is 6.57. The topological polar surface area (TPSA) is 17.1 Å². The molecule has 3 aromatic carbocycles. The molecule has 0 radical (unpaired) electrons. The summed E-state index contributed by atoms with van der Waals surface area (Å²) in [4.78, 5) is 11.6. The molecule has 0 unspecified atom stereocenters. The van der Waals surface area contributed by atoms with Gasteiger partial charge in [-0.05, 0) is 35.6 Å². The van der Waals surface area contributed by atoms with Gasteiger partial charge in [0.2, 0.25) is 0 Å². The fourth-order valence-corrected chi connectivity index (χ4v) is 3.20. The zero-order valence-electron chi connectivity index (χ0n) is 15.1. The van der Waals surface area contributed by atoms with Crippen molar-refractivity contribution < 1.29 is 4.79 Å². The lowest BCUT2D eigenvalue weighted by Gasteiger charge is -2.17. The van der Waals surface area contributed by atoms with E-state index in [1.54, 1.807) is 6.92 Å². The van der Waals surface area contributed by atoms with Crippen LogP contribution < -0.4 is 0 Å². The van der Waals surface area contributed by atoms with E-state index in [1.807, 2.05) is 18.2 Å². The van der Waals surface area contributed by atoms with E-state index in [4.69, 9.17) is 0 Å². The summed E-state index contributed by atoms with van der Waals surface area (Å²) in [7, 11) is 0. The van der Waals surface area contributed by atoms with Crippen LogP contribution in [0.3, 0.4) is 0 Å². The Morgan fingerprint density at radius 3 is 1.69 bits per heavy atom. The van der Waals surface area contributed by atoms with Gasteiger partial charge in [0.05, 0.1) is 0 Å². The molecule has 0 aliphatic heterocycles. The fourth-order valence-electron chi connectivity index (χ4n) is 3.20. The maximum Gasteiger partial charge on any atom is 0.129 e. The molecule has 0 spiro atoms. The molecule has 1 heteroatoms. The van der Waals surface area contributed by atoms with Crippen molar-refractivity contribution in [3.05, 3.63) is 114 Å². The van der Waals surface area contributed by atoms with Crippen molar-refractivity contribution in [2.45, 2.75) is 25.7 Å². The van der Waals surface area contributed by atoms with E-state index in [-0.39, 0.29) is 11.7 Å². The van der Waals surface area contributed by atoms with E-state index in [9.17, 15) is 4.79 Å². The Hall–Kier alpha value is -2.93. The molecule has 26 heavy (non-hydrogen) atoms. The standard InChI is InChI=1S/C25H24O/c1-20(26)17-18-24(21-11-5-2-6-12-21)19-25(22-13-7-3-8-14-22)23-15-9-4-10-16-23/h2-16,19,24H,17-18H2,1H3/t24-/m0/s1. The van der Waals surface area contributed by atoms with Crippen molar-refractivity contribution in [3.8, 4) is 0 Å². The van der Waals surface area contributed by atoms with Gasteiger partial charge in [0.1, 0.15) is 5.78 Å². The van der Waals surface area contributed by atoms with Crippen LogP contribution in [-0.2, 0) is 4.79 Å². The van der Waals surface area contributed by atoms with Gasteiger partial charge in [-0.25, -0.2) is 0 Å². The molecule has 0 saturated heterocycles. The molecule has 1 nitrogen and oxygen atoms in total. The van der Waals surface area contributed by atoms with E-state index in [1.165, 1.54) is 22.3 Å². The van der Waals surface area contributed by atoms with Crippen LogP contribution in [0.2, 0.25) is 0 Å². The summed E-state index contributed by atoms with van der Waals surface area (Å²) < 4.78 is 0.